The van der Waals surface area contributed by atoms with Crippen molar-refractivity contribution in [1.82, 2.24) is 9.97 Å². The Hall–Kier alpha value is -2.13. The summed E-state index contributed by atoms with van der Waals surface area (Å²) in [7, 11) is 0. The van der Waals surface area contributed by atoms with E-state index < -0.39 is 0 Å². The molecule has 2 aromatic carbocycles. The molecule has 3 rings (SSSR count). The van der Waals surface area contributed by atoms with Crippen LogP contribution < -0.4 is 4.74 Å². The van der Waals surface area contributed by atoms with E-state index in [1.54, 1.807) is 6.20 Å². The molecule has 0 N–H and O–H groups in total. The molecule has 20 heavy (non-hydrogen) atoms. The lowest BCUT2D eigenvalue weighted by molar-refractivity contribution is 0.297. The lowest BCUT2D eigenvalue weighted by Gasteiger charge is -2.06. The van der Waals surface area contributed by atoms with Crippen LogP contribution in [-0.4, -0.2) is 16.6 Å². The van der Waals surface area contributed by atoms with Gasteiger partial charge < -0.3 is 4.74 Å². The second kappa shape index (κ2) is 5.88. The Morgan fingerprint density at radius 1 is 1.00 bits per heavy atom. The van der Waals surface area contributed by atoms with Crippen LogP contribution in [0.25, 0.3) is 10.9 Å². The van der Waals surface area contributed by atoms with Gasteiger partial charge in [0.25, 0.3) is 0 Å². The zero-order valence-corrected chi connectivity index (χ0v) is 11.5. The number of hydrogen-bond donors (Lipinski definition) is 0. The van der Waals surface area contributed by atoms with Crippen LogP contribution in [0, 0.1) is 0 Å². The molecule has 0 fully saturated rings. The van der Waals surface area contributed by atoms with Crippen molar-refractivity contribution in [3.8, 4) is 6.01 Å². The second-order valence-electron chi connectivity index (χ2n) is 4.40. The molecule has 4 heteroatoms. The minimum Gasteiger partial charge on any atom is -0.463 e. The standard InChI is InChI=1S/C16H13ClN2O/c17-14-7-3-1-5-12(14)9-10-20-16-18-11-13-6-2-4-8-15(13)19-16/h1-8,11H,9-10H2. The van der Waals surface area contributed by atoms with E-state index in [2.05, 4.69) is 9.97 Å². The summed E-state index contributed by atoms with van der Waals surface area (Å²) < 4.78 is 5.59. The van der Waals surface area contributed by atoms with Gasteiger partial charge in [0, 0.05) is 23.0 Å². The van der Waals surface area contributed by atoms with Crippen LogP contribution in [-0.2, 0) is 6.42 Å². The van der Waals surface area contributed by atoms with Crippen molar-refractivity contribution in [2.45, 2.75) is 6.42 Å². The van der Waals surface area contributed by atoms with Crippen molar-refractivity contribution in [1.29, 1.82) is 0 Å². The Morgan fingerprint density at radius 3 is 2.70 bits per heavy atom. The SMILES string of the molecule is Clc1ccccc1CCOc1ncc2ccccc2n1. The van der Waals surface area contributed by atoms with Gasteiger partial charge in [-0.1, -0.05) is 48.0 Å². The first-order valence-electron chi connectivity index (χ1n) is 6.41. The molecule has 0 aliphatic carbocycles. The van der Waals surface area contributed by atoms with Crippen LogP contribution in [0.5, 0.6) is 6.01 Å². The smallest absolute Gasteiger partial charge is 0.316 e. The molecule has 0 bridgehead atoms. The molecule has 0 spiro atoms. The third-order valence-corrected chi connectivity index (χ3v) is 3.40. The first kappa shape index (κ1) is 12.9. The molecule has 0 unspecified atom stereocenters. The maximum atomic E-state index is 6.10. The maximum Gasteiger partial charge on any atom is 0.316 e. The van der Waals surface area contributed by atoms with Crippen LogP contribution in [0.2, 0.25) is 5.02 Å². The highest BCUT2D eigenvalue weighted by Crippen LogP contribution is 2.16. The second-order valence-corrected chi connectivity index (χ2v) is 4.81. The highest BCUT2D eigenvalue weighted by atomic mass is 35.5. The van der Waals surface area contributed by atoms with Crippen LogP contribution >= 0.6 is 11.6 Å². The molecule has 1 heterocycles. The van der Waals surface area contributed by atoms with E-state index in [0.29, 0.717) is 12.6 Å². The molecule has 100 valence electrons. The average Bonchev–Trinajstić information content (AvgIpc) is 2.49. The summed E-state index contributed by atoms with van der Waals surface area (Å²) in [5, 5.41) is 1.77. The number of rotatable bonds is 4. The van der Waals surface area contributed by atoms with Gasteiger partial charge in [-0.15, -0.1) is 0 Å². The Bertz CT molecular complexity index is 730. The predicted octanol–water partition coefficient (Wildman–Crippen LogP) is 3.90. The van der Waals surface area contributed by atoms with E-state index in [1.807, 2.05) is 48.5 Å². The van der Waals surface area contributed by atoms with Gasteiger partial charge in [-0.05, 0) is 17.7 Å². The minimum atomic E-state index is 0.399. The van der Waals surface area contributed by atoms with Crippen molar-refractivity contribution in [2.24, 2.45) is 0 Å². The van der Waals surface area contributed by atoms with Crippen molar-refractivity contribution in [3.63, 3.8) is 0 Å². The van der Waals surface area contributed by atoms with Crippen molar-refractivity contribution in [2.75, 3.05) is 6.61 Å². The van der Waals surface area contributed by atoms with Crippen molar-refractivity contribution in [3.05, 3.63) is 65.3 Å². The number of ether oxygens (including phenoxy) is 1. The van der Waals surface area contributed by atoms with Gasteiger partial charge in [0.1, 0.15) is 0 Å². The Labute approximate surface area is 122 Å². The molecule has 0 amide bonds. The topological polar surface area (TPSA) is 35.0 Å². The van der Waals surface area contributed by atoms with E-state index in [-0.39, 0.29) is 0 Å². The summed E-state index contributed by atoms with van der Waals surface area (Å²) in [6.45, 7) is 0.502. The van der Waals surface area contributed by atoms with Gasteiger partial charge in [-0.3, -0.25) is 0 Å². The monoisotopic (exact) mass is 284 g/mol. The van der Waals surface area contributed by atoms with E-state index in [1.165, 1.54) is 0 Å². The summed E-state index contributed by atoms with van der Waals surface area (Å²) in [6.07, 6.45) is 2.50. The molecule has 1 aromatic heterocycles. The summed E-state index contributed by atoms with van der Waals surface area (Å²) in [6, 6.07) is 16.0. The highest BCUT2D eigenvalue weighted by Gasteiger charge is 2.02. The largest absolute Gasteiger partial charge is 0.463 e. The van der Waals surface area contributed by atoms with Crippen LogP contribution in [0.15, 0.2) is 54.7 Å². The van der Waals surface area contributed by atoms with Gasteiger partial charge in [-0.2, -0.15) is 4.98 Å². The predicted molar refractivity (Wildman–Crippen MR) is 80.2 cm³/mol. The highest BCUT2D eigenvalue weighted by molar-refractivity contribution is 6.31. The van der Waals surface area contributed by atoms with E-state index in [0.717, 1.165) is 27.9 Å². The Morgan fingerprint density at radius 2 is 1.80 bits per heavy atom. The molecule has 0 atom stereocenters. The van der Waals surface area contributed by atoms with Gasteiger partial charge in [0.05, 0.1) is 12.1 Å². The molecule has 3 nitrogen and oxygen atoms in total. The lowest BCUT2D eigenvalue weighted by Crippen LogP contribution is -2.04. The third-order valence-electron chi connectivity index (χ3n) is 3.03. The average molecular weight is 285 g/mol. The fourth-order valence-electron chi connectivity index (χ4n) is 1.98. The number of fused-ring (bicyclic) bond motifs is 1. The third kappa shape index (κ3) is 2.89. The van der Waals surface area contributed by atoms with Crippen LogP contribution in [0.4, 0.5) is 0 Å². The maximum absolute atomic E-state index is 6.10. The molecule has 0 radical (unpaired) electrons. The molecule has 0 saturated carbocycles. The molecule has 0 saturated heterocycles. The van der Waals surface area contributed by atoms with E-state index in [9.17, 15) is 0 Å². The molecule has 0 aliphatic rings. The number of halogens is 1. The number of hydrogen-bond acceptors (Lipinski definition) is 3. The number of para-hydroxylation sites is 1. The van der Waals surface area contributed by atoms with Gasteiger partial charge >= 0.3 is 6.01 Å². The first-order chi connectivity index (χ1) is 9.83. The Balaban J connectivity index is 1.67. The summed E-state index contributed by atoms with van der Waals surface area (Å²) in [5.41, 5.74) is 1.95. The van der Waals surface area contributed by atoms with Gasteiger partial charge in [0.2, 0.25) is 0 Å². The fourth-order valence-corrected chi connectivity index (χ4v) is 2.21. The molecule has 3 aromatic rings. The Kier molecular flexibility index (Phi) is 3.79. The minimum absolute atomic E-state index is 0.399. The fraction of sp³-hybridized carbons (Fsp3) is 0.125. The quantitative estimate of drug-likeness (QED) is 0.729. The summed E-state index contributed by atoms with van der Waals surface area (Å²) in [4.78, 5) is 8.56. The van der Waals surface area contributed by atoms with Crippen molar-refractivity contribution < 1.29 is 4.74 Å². The lowest BCUT2D eigenvalue weighted by atomic mass is 10.2. The molecular weight excluding hydrogens is 272 g/mol. The van der Waals surface area contributed by atoms with E-state index >= 15 is 0 Å². The summed E-state index contributed by atoms with van der Waals surface area (Å²) in [5.74, 6) is 0. The molecular formula is C16H13ClN2O. The zero-order valence-electron chi connectivity index (χ0n) is 10.8. The molecule has 0 aliphatic heterocycles. The summed E-state index contributed by atoms with van der Waals surface area (Å²) >= 11 is 6.10. The number of aromatic nitrogens is 2. The zero-order chi connectivity index (χ0) is 13.8. The normalized spacial score (nSPS) is 10.7. The van der Waals surface area contributed by atoms with E-state index in [4.69, 9.17) is 16.3 Å². The van der Waals surface area contributed by atoms with Crippen LogP contribution in [0.3, 0.4) is 0 Å². The van der Waals surface area contributed by atoms with Gasteiger partial charge in [0.15, 0.2) is 0 Å². The van der Waals surface area contributed by atoms with Crippen molar-refractivity contribution >= 4 is 22.5 Å². The van der Waals surface area contributed by atoms with Crippen LogP contribution in [0.1, 0.15) is 5.56 Å². The number of nitrogens with zero attached hydrogens (tertiary/aromatic N) is 2. The number of benzene rings is 2. The first-order valence-corrected chi connectivity index (χ1v) is 6.79. The van der Waals surface area contributed by atoms with Gasteiger partial charge in [-0.25, -0.2) is 4.98 Å².